The van der Waals surface area contributed by atoms with E-state index in [1.165, 1.54) is 17.3 Å². The number of nitro groups is 1. The third-order valence-corrected chi connectivity index (χ3v) is 5.88. The third kappa shape index (κ3) is 3.54. The number of imide groups is 1. The number of benzene rings is 2. The number of hydrogen-bond acceptors (Lipinski definition) is 7. The molecule has 0 bridgehead atoms. The molecule has 2 aliphatic heterocycles. The van der Waals surface area contributed by atoms with Gasteiger partial charge in [-0.05, 0) is 30.7 Å². The largest absolute Gasteiger partial charge is 0.467 e. The van der Waals surface area contributed by atoms with Gasteiger partial charge in [-0.1, -0.05) is 29.8 Å². The van der Waals surface area contributed by atoms with Crippen molar-refractivity contribution < 1.29 is 23.7 Å². The summed E-state index contributed by atoms with van der Waals surface area (Å²) in [5.74, 6) is -1.49. The first kappa shape index (κ1) is 21.3. The molecule has 0 radical (unpaired) electrons. The van der Waals surface area contributed by atoms with Gasteiger partial charge in [-0.2, -0.15) is 5.10 Å². The van der Waals surface area contributed by atoms with E-state index in [0.717, 1.165) is 28.2 Å². The molecule has 0 saturated heterocycles. The molecule has 5 rings (SSSR count). The first-order valence-electron chi connectivity index (χ1n) is 10.5. The molecule has 3 heterocycles. The molecule has 0 saturated carbocycles. The lowest BCUT2D eigenvalue weighted by Crippen LogP contribution is -2.41. The van der Waals surface area contributed by atoms with Gasteiger partial charge in [0.05, 0.1) is 28.0 Å². The smallest absolute Gasteiger partial charge is 0.270 e. The fourth-order valence-electron chi connectivity index (χ4n) is 4.11. The van der Waals surface area contributed by atoms with E-state index in [1.807, 2.05) is 31.2 Å². The maximum Gasteiger partial charge on any atom is 0.270 e. The normalized spacial score (nSPS) is 17.2. The van der Waals surface area contributed by atoms with E-state index in [0.29, 0.717) is 17.9 Å². The number of nitrogens with zero attached hydrogens (tertiary/aromatic N) is 4. The van der Waals surface area contributed by atoms with E-state index in [9.17, 15) is 24.5 Å². The van der Waals surface area contributed by atoms with E-state index in [4.69, 9.17) is 4.42 Å². The van der Waals surface area contributed by atoms with Crippen molar-refractivity contribution in [3.8, 4) is 0 Å². The molecular weight excluding hydrogens is 440 g/mol. The molecular formula is C24H18N4O6. The van der Waals surface area contributed by atoms with Gasteiger partial charge < -0.3 is 4.42 Å². The van der Waals surface area contributed by atoms with E-state index in [1.54, 1.807) is 12.1 Å². The van der Waals surface area contributed by atoms with Crippen LogP contribution in [0, 0.1) is 17.0 Å². The molecule has 0 spiro atoms. The van der Waals surface area contributed by atoms with Gasteiger partial charge in [0, 0.05) is 18.6 Å². The van der Waals surface area contributed by atoms with Gasteiger partial charge in [0.15, 0.2) is 0 Å². The summed E-state index contributed by atoms with van der Waals surface area (Å²) in [6, 6.07) is 14.1. The van der Waals surface area contributed by atoms with Crippen LogP contribution in [0.4, 0.5) is 5.69 Å². The number of non-ortho nitro benzene ring substituents is 1. The quantitative estimate of drug-likeness (QED) is 0.327. The Morgan fingerprint density at radius 1 is 1.12 bits per heavy atom. The van der Waals surface area contributed by atoms with Crippen molar-refractivity contribution in [1.29, 1.82) is 0 Å². The van der Waals surface area contributed by atoms with Crippen LogP contribution >= 0.6 is 0 Å². The summed E-state index contributed by atoms with van der Waals surface area (Å²) in [6.45, 7) is 1.42. The predicted molar refractivity (Wildman–Crippen MR) is 119 cm³/mol. The molecule has 0 unspecified atom stereocenters. The zero-order valence-electron chi connectivity index (χ0n) is 18.0. The van der Waals surface area contributed by atoms with Crippen LogP contribution in [0.2, 0.25) is 0 Å². The summed E-state index contributed by atoms with van der Waals surface area (Å²) in [4.78, 5) is 50.1. The summed E-state index contributed by atoms with van der Waals surface area (Å²) in [5.41, 5.74) is 2.23. The minimum Gasteiger partial charge on any atom is -0.467 e. The Kier molecular flexibility index (Phi) is 5.05. The Bertz CT molecular complexity index is 1360. The van der Waals surface area contributed by atoms with Gasteiger partial charge in [0.1, 0.15) is 18.3 Å². The van der Waals surface area contributed by atoms with Crippen molar-refractivity contribution >= 4 is 29.1 Å². The lowest BCUT2D eigenvalue weighted by atomic mass is 10.0. The zero-order valence-corrected chi connectivity index (χ0v) is 18.0. The highest BCUT2D eigenvalue weighted by molar-refractivity contribution is 6.22. The number of hydrazone groups is 1. The number of carbonyl (C=O) groups excluding carboxylic acids is 3. The molecule has 2 aromatic carbocycles. The van der Waals surface area contributed by atoms with Crippen molar-refractivity contribution in [3.63, 3.8) is 0 Å². The van der Waals surface area contributed by atoms with E-state index in [-0.39, 0.29) is 16.8 Å². The summed E-state index contributed by atoms with van der Waals surface area (Å²) in [6.07, 6.45) is 1.90. The molecule has 1 aromatic heterocycles. The van der Waals surface area contributed by atoms with Gasteiger partial charge in [-0.3, -0.25) is 29.4 Å². The molecule has 2 aliphatic rings. The number of carbonyl (C=O) groups is 3. The van der Waals surface area contributed by atoms with Crippen LogP contribution in [-0.2, 0) is 4.79 Å². The molecule has 0 fully saturated rings. The van der Waals surface area contributed by atoms with Gasteiger partial charge in [-0.15, -0.1) is 0 Å². The van der Waals surface area contributed by atoms with Crippen LogP contribution in [0.1, 0.15) is 50.1 Å². The highest BCUT2D eigenvalue weighted by Crippen LogP contribution is 2.34. The zero-order chi connectivity index (χ0) is 24.0. The van der Waals surface area contributed by atoms with Crippen molar-refractivity contribution in [2.75, 3.05) is 6.54 Å². The standard InChI is InChI=1S/C24H18N4O6/c1-14-4-6-15(7-5-14)19-12-20(21-3-2-10-34-21)27(25-19)22(29)13-26-23(30)17-9-8-16(28(32)33)11-18(17)24(26)31/h2-11,20H,12-13H2,1H3/t20-/m1/s1. The Morgan fingerprint density at radius 3 is 2.53 bits per heavy atom. The summed E-state index contributed by atoms with van der Waals surface area (Å²) in [7, 11) is 0. The van der Waals surface area contributed by atoms with Gasteiger partial charge >= 0.3 is 0 Å². The van der Waals surface area contributed by atoms with Crippen LogP contribution in [0.25, 0.3) is 0 Å². The molecule has 10 heteroatoms. The van der Waals surface area contributed by atoms with Gasteiger partial charge in [0.2, 0.25) is 0 Å². The average molecular weight is 458 g/mol. The number of hydrogen-bond donors (Lipinski definition) is 0. The van der Waals surface area contributed by atoms with E-state index < -0.39 is 35.2 Å². The molecule has 34 heavy (non-hydrogen) atoms. The first-order chi connectivity index (χ1) is 16.3. The second-order valence-electron chi connectivity index (χ2n) is 8.07. The SMILES string of the molecule is Cc1ccc(C2=NN(C(=O)CN3C(=O)c4ccc([N+](=O)[O-])cc4C3=O)[C@@H](c3ccco3)C2)cc1. The number of nitro benzene ring substituents is 1. The Balaban J connectivity index is 1.42. The number of fused-ring (bicyclic) bond motifs is 1. The lowest BCUT2D eigenvalue weighted by molar-refractivity contribution is -0.384. The van der Waals surface area contributed by atoms with Crippen molar-refractivity contribution in [2.24, 2.45) is 5.10 Å². The van der Waals surface area contributed by atoms with Crippen molar-refractivity contribution in [3.05, 3.63) is 99.0 Å². The van der Waals surface area contributed by atoms with Gasteiger partial charge in [-0.25, -0.2) is 5.01 Å². The highest BCUT2D eigenvalue weighted by atomic mass is 16.6. The van der Waals surface area contributed by atoms with E-state index in [2.05, 4.69) is 5.10 Å². The average Bonchev–Trinajstić information content (AvgIpc) is 3.55. The predicted octanol–water partition coefficient (Wildman–Crippen LogP) is 3.47. The summed E-state index contributed by atoms with van der Waals surface area (Å²) in [5, 5.41) is 16.8. The number of amides is 3. The van der Waals surface area contributed by atoms with Crippen molar-refractivity contribution in [1.82, 2.24) is 9.91 Å². The maximum atomic E-state index is 13.3. The highest BCUT2D eigenvalue weighted by Gasteiger charge is 2.41. The fraction of sp³-hybridized carbons (Fsp3) is 0.167. The first-order valence-corrected chi connectivity index (χ1v) is 10.5. The molecule has 170 valence electrons. The van der Waals surface area contributed by atoms with Crippen LogP contribution in [0.5, 0.6) is 0 Å². The molecule has 3 aromatic rings. The molecule has 3 amide bonds. The minimum atomic E-state index is -0.756. The summed E-state index contributed by atoms with van der Waals surface area (Å²) >= 11 is 0. The summed E-state index contributed by atoms with van der Waals surface area (Å²) < 4.78 is 5.52. The maximum absolute atomic E-state index is 13.3. The van der Waals surface area contributed by atoms with Gasteiger partial charge in [0.25, 0.3) is 23.4 Å². The minimum absolute atomic E-state index is 0.0243. The molecule has 0 N–H and O–H groups in total. The second-order valence-corrected chi connectivity index (χ2v) is 8.07. The van der Waals surface area contributed by atoms with E-state index >= 15 is 0 Å². The lowest BCUT2D eigenvalue weighted by Gasteiger charge is -2.22. The van der Waals surface area contributed by atoms with Crippen LogP contribution in [-0.4, -0.2) is 44.8 Å². The van der Waals surface area contributed by atoms with Crippen LogP contribution < -0.4 is 0 Å². The van der Waals surface area contributed by atoms with Crippen molar-refractivity contribution in [2.45, 2.75) is 19.4 Å². The Hall–Kier alpha value is -4.60. The van der Waals surface area contributed by atoms with Crippen LogP contribution in [0.15, 0.2) is 70.4 Å². The number of furan rings is 1. The topological polar surface area (TPSA) is 126 Å². The third-order valence-electron chi connectivity index (χ3n) is 5.88. The molecule has 1 atom stereocenters. The molecule has 0 aliphatic carbocycles. The monoisotopic (exact) mass is 458 g/mol. The second kappa shape index (κ2) is 8.07. The Labute approximate surface area is 193 Å². The fourth-order valence-corrected chi connectivity index (χ4v) is 4.11. The Morgan fingerprint density at radius 2 is 1.85 bits per heavy atom. The van der Waals surface area contributed by atoms with Crippen LogP contribution in [0.3, 0.4) is 0 Å². The molecule has 10 nitrogen and oxygen atoms in total. The number of rotatable bonds is 5. The number of aryl methyl sites for hydroxylation is 1.